The van der Waals surface area contributed by atoms with Gasteiger partial charge in [0.1, 0.15) is 24.7 Å². The Morgan fingerprint density at radius 3 is 2.57 bits per heavy atom. The summed E-state index contributed by atoms with van der Waals surface area (Å²) in [6, 6.07) is 17.8. The van der Waals surface area contributed by atoms with Gasteiger partial charge in [0.2, 0.25) is 5.91 Å². The molecule has 0 saturated carbocycles. The van der Waals surface area contributed by atoms with Crippen LogP contribution in [0.25, 0.3) is 6.08 Å². The number of halogens is 3. The third-order valence-electron chi connectivity index (χ3n) is 4.90. The van der Waals surface area contributed by atoms with Crippen molar-refractivity contribution in [2.24, 2.45) is 0 Å². The number of ether oxygens (including phenoxy) is 1. The zero-order valence-corrected chi connectivity index (χ0v) is 21.1. The van der Waals surface area contributed by atoms with E-state index in [9.17, 15) is 18.8 Å². The van der Waals surface area contributed by atoms with Crippen LogP contribution in [0.4, 0.5) is 14.9 Å². The molecule has 1 N–H and O–H groups in total. The summed E-state index contributed by atoms with van der Waals surface area (Å²) in [7, 11) is 0. The second-order valence-electron chi connectivity index (χ2n) is 7.39. The number of anilines is 1. The Labute approximate surface area is 218 Å². The fraction of sp³-hybridized carbons (Fsp3) is 0.0800. The van der Waals surface area contributed by atoms with Crippen molar-refractivity contribution >= 4 is 68.1 Å². The van der Waals surface area contributed by atoms with E-state index in [0.29, 0.717) is 26.5 Å². The molecule has 3 amide bonds. The van der Waals surface area contributed by atoms with Crippen LogP contribution >= 0.6 is 39.3 Å². The van der Waals surface area contributed by atoms with Gasteiger partial charge >= 0.3 is 0 Å². The van der Waals surface area contributed by atoms with E-state index in [1.54, 1.807) is 30.3 Å². The third-order valence-corrected chi connectivity index (χ3v) is 6.79. The van der Waals surface area contributed by atoms with Crippen LogP contribution in [-0.4, -0.2) is 28.5 Å². The van der Waals surface area contributed by atoms with Gasteiger partial charge in [-0.3, -0.25) is 19.3 Å². The Kier molecular flexibility index (Phi) is 7.90. The average Bonchev–Trinajstić information content (AvgIpc) is 3.08. The molecule has 1 aliphatic rings. The summed E-state index contributed by atoms with van der Waals surface area (Å²) < 4.78 is 19.5. The summed E-state index contributed by atoms with van der Waals surface area (Å²) in [6.07, 6.45) is 1.57. The van der Waals surface area contributed by atoms with Crippen LogP contribution in [0.5, 0.6) is 5.75 Å². The Balaban J connectivity index is 1.40. The molecule has 35 heavy (non-hydrogen) atoms. The third kappa shape index (κ3) is 6.30. The highest BCUT2D eigenvalue weighted by Crippen LogP contribution is 2.34. The monoisotopic (exact) mass is 574 g/mol. The number of rotatable bonds is 7. The van der Waals surface area contributed by atoms with Gasteiger partial charge in [0.25, 0.3) is 11.1 Å². The summed E-state index contributed by atoms with van der Waals surface area (Å²) in [6.45, 7) is -0.158. The fourth-order valence-corrected chi connectivity index (χ4v) is 4.70. The van der Waals surface area contributed by atoms with E-state index >= 15 is 0 Å². The topological polar surface area (TPSA) is 75.7 Å². The van der Waals surface area contributed by atoms with Gasteiger partial charge < -0.3 is 10.1 Å². The lowest BCUT2D eigenvalue weighted by Gasteiger charge is -2.12. The van der Waals surface area contributed by atoms with E-state index < -0.39 is 29.4 Å². The molecule has 10 heteroatoms. The molecule has 0 aromatic heterocycles. The van der Waals surface area contributed by atoms with Gasteiger partial charge in [-0.1, -0.05) is 35.9 Å². The van der Waals surface area contributed by atoms with Gasteiger partial charge in [0.15, 0.2) is 0 Å². The summed E-state index contributed by atoms with van der Waals surface area (Å²) in [4.78, 5) is 38.4. The number of imide groups is 1. The van der Waals surface area contributed by atoms with Crippen LogP contribution in [0.15, 0.2) is 76.1 Å². The number of thioether (sulfide) groups is 1. The number of benzene rings is 3. The highest BCUT2D eigenvalue weighted by molar-refractivity contribution is 9.10. The molecule has 0 bridgehead atoms. The van der Waals surface area contributed by atoms with Crippen molar-refractivity contribution in [1.29, 1.82) is 0 Å². The van der Waals surface area contributed by atoms with Gasteiger partial charge in [-0.2, -0.15) is 0 Å². The molecule has 1 heterocycles. The molecular weight excluding hydrogens is 559 g/mol. The molecule has 178 valence electrons. The van der Waals surface area contributed by atoms with Crippen molar-refractivity contribution in [3.63, 3.8) is 0 Å². The fourth-order valence-electron chi connectivity index (χ4n) is 3.16. The Morgan fingerprint density at radius 1 is 1.11 bits per heavy atom. The smallest absolute Gasteiger partial charge is 0.294 e. The van der Waals surface area contributed by atoms with Crippen molar-refractivity contribution < 1.29 is 23.5 Å². The van der Waals surface area contributed by atoms with Gasteiger partial charge in [-0.15, -0.1) is 0 Å². The molecule has 0 radical (unpaired) electrons. The molecule has 1 aliphatic heterocycles. The quantitative estimate of drug-likeness (QED) is 0.326. The normalized spacial score (nSPS) is 14.5. The maximum atomic E-state index is 13.0. The Hall–Kier alpha value is -3.14. The summed E-state index contributed by atoms with van der Waals surface area (Å²) in [5, 5.41) is 2.60. The first-order chi connectivity index (χ1) is 16.8. The molecular formula is C25H17BrClFN2O4S. The van der Waals surface area contributed by atoms with Crippen LogP contribution in [0.3, 0.4) is 0 Å². The highest BCUT2D eigenvalue weighted by Gasteiger charge is 2.36. The van der Waals surface area contributed by atoms with Gasteiger partial charge in [0, 0.05) is 16.3 Å². The van der Waals surface area contributed by atoms with Crippen LogP contribution in [0.2, 0.25) is 5.02 Å². The zero-order chi connectivity index (χ0) is 24.9. The number of nitrogens with one attached hydrogen (secondary N) is 1. The van der Waals surface area contributed by atoms with Crippen LogP contribution < -0.4 is 10.1 Å². The lowest BCUT2D eigenvalue weighted by atomic mass is 10.2. The van der Waals surface area contributed by atoms with E-state index in [-0.39, 0.29) is 11.5 Å². The molecule has 3 aromatic carbocycles. The Morgan fingerprint density at radius 2 is 1.86 bits per heavy atom. The number of hydrogen-bond donors (Lipinski definition) is 1. The van der Waals surface area contributed by atoms with E-state index in [2.05, 4.69) is 21.2 Å². The minimum Gasteiger partial charge on any atom is -0.488 e. The maximum absolute atomic E-state index is 13.0. The second kappa shape index (κ2) is 11.1. The second-order valence-corrected chi connectivity index (χ2v) is 9.65. The number of carbonyl (C=O) groups excluding carboxylic acids is 3. The predicted octanol–water partition coefficient (Wildman–Crippen LogP) is 6.50. The largest absolute Gasteiger partial charge is 0.488 e. The summed E-state index contributed by atoms with van der Waals surface area (Å²) >= 11 is 10.4. The van der Waals surface area contributed by atoms with Crippen LogP contribution in [0, 0.1) is 5.82 Å². The molecule has 0 atom stereocenters. The summed E-state index contributed by atoms with van der Waals surface area (Å²) in [5.74, 6) is -0.981. The van der Waals surface area contributed by atoms with Crippen LogP contribution in [0.1, 0.15) is 11.1 Å². The number of amides is 3. The molecule has 0 aliphatic carbocycles. The van der Waals surface area contributed by atoms with Crippen molar-refractivity contribution in [3.05, 3.63) is 98.1 Å². The standard InChI is InChI=1S/C25H17BrClFN2O4S/c26-19-11-15(5-10-21(19)34-14-16-3-1-2-4-20(16)27)12-22-24(32)30(25(33)35-22)13-23(31)29-18-8-6-17(28)7-9-18/h1-12H,13-14H2,(H,29,31)/b22-12-. The molecule has 3 aromatic rings. The molecule has 0 spiro atoms. The highest BCUT2D eigenvalue weighted by atomic mass is 79.9. The van der Waals surface area contributed by atoms with E-state index in [4.69, 9.17) is 16.3 Å². The molecule has 1 fully saturated rings. The lowest BCUT2D eigenvalue weighted by Crippen LogP contribution is -2.36. The first-order valence-corrected chi connectivity index (χ1v) is 12.3. The van der Waals surface area contributed by atoms with Gasteiger partial charge in [-0.05, 0) is 81.8 Å². The number of hydrogen-bond acceptors (Lipinski definition) is 5. The van der Waals surface area contributed by atoms with Crippen molar-refractivity contribution in [2.75, 3.05) is 11.9 Å². The minimum atomic E-state index is -0.567. The summed E-state index contributed by atoms with van der Waals surface area (Å²) in [5.41, 5.74) is 1.88. The first kappa shape index (κ1) is 25.0. The molecule has 6 nitrogen and oxygen atoms in total. The van der Waals surface area contributed by atoms with Gasteiger partial charge in [0.05, 0.1) is 9.38 Å². The average molecular weight is 576 g/mol. The van der Waals surface area contributed by atoms with E-state index in [1.165, 1.54) is 24.3 Å². The Bertz CT molecular complexity index is 1330. The lowest BCUT2D eigenvalue weighted by molar-refractivity contribution is -0.127. The number of nitrogens with zero attached hydrogens (tertiary/aromatic N) is 1. The van der Waals surface area contributed by atoms with E-state index in [0.717, 1.165) is 22.2 Å². The van der Waals surface area contributed by atoms with Crippen molar-refractivity contribution in [3.8, 4) is 5.75 Å². The minimum absolute atomic E-state index is 0.196. The van der Waals surface area contributed by atoms with Gasteiger partial charge in [-0.25, -0.2) is 4.39 Å². The zero-order valence-electron chi connectivity index (χ0n) is 18.0. The first-order valence-electron chi connectivity index (χ1n) is 10.3. The molecule has 1 saturated heterocycles. The van der Waals surface area contributed by atoms with Crippen LogP contribution in [-0.2, 0) is 16.2 Å². The molecule has 0 unspecified atom stereocenters. The number of carbonyl (C=O) groups is 3. The maximum Gasteiger partial charge on any atom is 0.294 e. The van der Waals surface area contributed by atoms with E-state index in [1.807, 2.05) is 18.2 Å². The van der Waals surface area contributed by atoms with Crippen molar-refractivity contribution in [2.45, 2.75) is 6.61 Å². The predicted molar refractivity (Wildman–Crippen MR) is 138 cm³/mol. The molecule has 4 rings (SSSR count). The van der Waals surface area contributed by atoms with Crippen molar-refractivity contribution in [1.82, 2.24) is 4.90 Å². The SMILES string of the molecule is O=C(CN1C(=O)S/C(=C\c2ccc(OCc3ccccc3Cl)c(Br)c2)C1=O)Nc1ccc(F)cc1.